The summed E-state index contributed by atoms with van der Waals surface area (Å²) in [5.41, 5.74) is -0.488. The van der Waals surface area contributed by atoms with Crippen molar-refractivity contribution in [3.8, 4) is 0 Å². The van der Waals surface area contributed by atoms with Crippen LogP contribution in [0.4, 0.5) is 0 Å². The minimum absolute atomic E-state index is 0.244. The van der Waals surface area contributed by atoms with Crippen LogP contribution in [0.25, 0.3) is 0 Å². The molecule has 0 radical (unpaired) electrons. The zero-order chi connectivity index (χ0) is 23.2. The molecule has 1 aliphatic rings. The third-order valence-electron chi connectivity index (χ3n) is 5.47. The summed E-state index contributed by atoms with van der Waals surface area (Å²) in [7, 11) is 1.99. The zero-order valence-electron chi connectivity index (χ0n) is 17.5. The highest BCUT2D eigenvalue weighted by atomic mass is 16.5. The molecule has 1 rings (SSSR count). The van der Waals surface area contributed by atoms with Crippen molar-refractivity contribution in [2.75, 3.05) is 7.05 Å². The molecular formula is C18H33N3O8. The molecule has 168 valence electrons. The van der Waals surface area contributed by atoms with Crippen LogP contribution in [0.3, 0.4) is 0 Å². The van der Waals surface area contributed by atoms with E-state index in [1.807, 2.05) is 34.7 Å². The van der Waals surface area contributed by atoms with E-state index in [1.165, 1.54) is 0 Å². The number of piperidine rings is 1. The summed E-state index contributed by atoms with van der Waals surface area (Å²) in [6.45, 7) is 8.06. The van der Waals surface area contributed by atoms with E-state index in [1.54, 1.807) is 0 Å². The lowest BCUT2D eigenvalue weighted by atomic mass is 9.78. The van der Waals surface area contributed by atoms with Crippen LogP contribution < -0.4 is 11.7 Å². The topological polar surface area (TPSA) is 193 Å². The average molecular weight is 419 g/mol. The van der Waals surface area contributed by atoms with Gasteiger partial charge in [0.25, 0.3) is 0 Å². The first kappa shape index (κ1) is 26.8. The van der Waals surface area contributed by atoms with Gasteiger partial charge < -0.3 is 20.1 Å². The largest absolute Gasteiger partial charge is 0.481 e. The molecule has 11 heteroatoms. The summed E-state index contributed by atoms with van der Waals surface area (Å²) in [6.07, 6.45) is -0.904. The molecule has 1 heterocycles. The van der Waals surface area contributed by atoms with E-state index in [-0.39, 0.29) is 11.1 Å². The molecule has 0 amide bonds. The predicted molar refractivity (Wildman–Crippen MR) is 103 cm³/mol. The van der Waals surface area contributed by atoms with Crippen LogP contribution in [0.15, 0.2) is 0 Å². The van der Waals surface area contributed by atoms with Gasteiger partial charge in [0.2, 0.25) is 0 Å². The minimum atomic E-state index is -1.71. The Hall–Kier alpha value is -2.24. The molecule has 7 N–H and O–H groups in total. The van der Waals surface area contributed by atoms with E-state index in [2.05, 4.69) is 16.6 Å². The number of nitrogens with two attached hydrogens (primary N) is 2. The number of aliphatic carboxylic acids is 3. The van der Waals surface area contributed by atoms with Crippen molar-refractivity contribution in [1.82, 2.24) is 4.90 Å². The number of hydrogen-bond donors (Lipinski definition) is 5. The summed E-state index contributed by atoms with van der Waals surface area (Å²) < 4.78 is 5.46. The van der Waals surface area contributed by atoms with Crippen LogP contribution in [0.1, 0.15) is 53.4 Å². The van der Waals surface area contributed by atoms with Crippen molar-refractivity contribution in [3.05, 3.63) is 0 Å². The zero-order valence-corrected chi connectivity index (χ0v) is 17.5. The molecule has 0 aromatic heterocycles. The Morgan fingerprint density at radius 3 is 1.66 bits per heavy atom. The molecule has 0 aromatic rings. The summed E-state index contributed by atoms with van der Waals surface area (Å²) in [6, 6.07) is 0. The summed E-state index contributed by atoms with van der Waals surface area (Å²) in [4.78, 5) is 48.0. The van der Waals surface area contributed by atoms with Gasteiger partial charge in [-0.15, -0.1) is 0 Å². The van der Waals surface area contributed by atoms with E-state index in [9.17, 15) is 24.3 Å². The number of carboxylic acids is 3. The van der Waals surface area contributed by atoms with Crippen molar-refractivity contribution >= 4 is 23.9 Å². The molecule has 1 saturated heterocycles. The Balaban J connectivity index is 0.00000379. The van der Waals surface area contributed by atoms with Gasteiger partial charge in [-0.25, -0.2) is 0 Å². The third-order valence-corrected chi connectivity index (χ3v) is 5.47. The highest BCUT2D eigenvalue weighted by molar-refractivity contribution is 5.86. The lowest BCUT2D eigenvalue weighted by molar-refractivity contribution is -0.167. The number of hydrazine groups is 1. The van der Waals surface area contributed by atoms with Gasteiger partial charge in [0.15, 0.2) is 0 Å². The first-order chi connectivity index (χ1) is 13.2. The SMILES string of the molecule is CN1C(C)(C)CC(OC(=O)CC(C(=O)O)C(CC(=O)O)C(=O)O)CC1(C)C.NN. The van der Waals surface area contributed by atoms with Crippen molar-refractivity contribution in [2.24, 2.45) is 23.5 Å². The van der Waals surface area contributed by atoms with Gasteiger partial charge in [0, 0.05) is 23.9 Å². The molecular weight excluding hydrogens is 386 g/mol. The maximum absolute atomic E-state index is 12.3. The van der Waals surface area contributed by atoms with E-state index in [0.29, 0.717) is 12.8 Å². The second kappa shape index (κ2) is 10.5. The number of hydrogen-bond acceptors (Lipinski definition) is 8. The molecule has 1 fully saturated rings. The molecule has 29 heavy (non-hydrogen) atoms. The molecule has 0 aromatic carbocycles. The van der Waals surface area contributed by atoms with E-state index < -0.39 is 54.7 Å². The Morgan fingerprint density at radius 2 is 1.31 bits per heavy atom. The Bertz CT molecular complexity index is 602. The lowest BCUT2D eigenvalue weighted by Gasteiger charge is -2.53. The minimum Gasteiger partial charge on any atom is -0.481 e. The van der Waals surface area contributed by atoms with E-state index >= 15 is 0 Å². The van der Waals surface area contributed by atoms with Crippen LogP contribution in [0.5, 0.6) is 0 Å². The normalized spacial score (nSPS) is 20.5. The lowest BCUT2D eigenvalue weighted by Crippen LogP contribution is -2.60. The van der Waals surface area contributed by atoms with Crippen LogP contribution in [0.2, 0.25) is 0 Å². The smallest absolute Gasteiger partial charge is 0.307 e. The van der Waals surface area contributed by atoms with E-state index in [4.69, 9.17) is 14.9 Å². The van der Waals surface area contributed by atoms with Gasteiger partial charge in [-0.3, -0.25) is 35.8 Å². The number of ether oxygens (including phenoxy) is 1. The van der Waals surface area contributed by atoms with Crippen molar-refractivity contribution in [3.63, 3.8) is 0 Å². The monoisotopic (exact) mass is 419 g/mol. The van der Waals surface area contributed by atoms with Crippen molar-refractivity contribution in [1.29, 1.82) is 0 Å². The van der Waals surface area contributed by atoms with Gasteiger partial charge in [-0.1, -0.05) is 0 Å². The van der Waals surface area contributed by atoms with Gasteiger partial charge in [0.05, 0.1) is 24.7 Å². The van der Waals surface area contributed by atoms with Crippen LogP contribution in [-0.4, -0.2) is 68.3 Å². The van der Waals surface area contributed by atoms with Crippen molar-refractivity contribution in [2.45, 2.75) is 70.6 Å². The molecule has 2 unspecified atom stereocenters. The summed E-state index contributed by atoms with van der Waals surface area (Å²) in [5, 5.41) is 27.3. The third kappa shape index (κ3) is 7.59. The number of carboxylic acid groups (broad SMARTS) is 3. The molecule has 0 saturated carbocycles. The Morgan fingerprint density at radius 1 is 0.931 bits per heavy atom. The Labute approximate surface area is 169 Å². The average Bonchev–Trinajstić information content (AvgIpc) is 2.56. The first-order valence-corrected chi connectivity index (χ1v) is 9.11. The molecule has 0 bridgehead atoms. The molecule has 11 nitrogen and oxygen atoms in total. The second-order valence-corrected chi connectivity index (χ2v) is 8.40. The number of nitrogens with zero attached hydrogens (tertiary/aromatic N) is 1. The van der Waals surface area contributed by atoms with Gasteiger partial charge in [0.1, 0.15) is 6.10 Å². The molecule has 0 spiro atoms. The highest BCUT2D eigenvalue weighted by Crippen LogP contribution is 2.38. The maximum atomic E-state index is 12.3. The summed E-state index contributed by atoms with van der Waals surface area (Å²) >= 11 is 0. The Kier molecular flexibility index (Phi) is 9.70. The molecule has 2 atom stereocenters. The molecule has 0 aliphatic carbocycles. The van der Waals surface area contributed by atoms with Crippen LogP contribution in [0, 0.1) is 11.8 Å². The fourth-order valence-corrected chi connectivity index (χ4v) is 3.77. The summed E-state index contributed by atoms with van der Waals surface area (Å²) in [5.74, 6) is -0.763. The fourth-order valence-electron chi connectivity index (χ4n) is 3.77. The maximum Gasteiger partial charge on any atom is 0.307 e. The number of rotatable bonds is 8. The van der Waals surface area contributed by atoms with Gasteiger partial charge in [-0.2, -0.15) is 0 Å². The first-order valence-electron chi connectivity index (χ1n) is 9.11. The van der Waals surface area contributed by atoms with Crippen LogP contribution >= 0.6 is 0 Å². The highest BCUT2D eigenvalue weighted by Gasteiger charge is 2.45. The standard InChI is InChI=1S/C18H29NO8.H4N2/c1-17(2)8-10(9-18(3,4)19(17)5)27-14(22)7-12(16(25)26)11(15(23)24)6-13(20)21;1-2/h10-12H,6-9H2,1-5H3,(H,20,21)(H,23,24)(H,25,26);1-2H2. The molecule has 1 aliphatic heterocycles. The van der Waals surface area contributed by atoms with Gasteiger partial charge >= 0.3 is 23.9 Å². The second-order valence-electron chi connectivity index (χ2n) is 8.40. The number of esters is 1. The van der Waals surface area contributed by atoms with E-state index in [0.717, 1.165) is 0 Å². The predicted octanol–water partition coefficient (Wildman–Crippen LogP) is 0.266. The van der Waals surface area contributed by atoms with Gasteiger partial charge in [-0.05, 0) is 34.7 Å². The van der Waals surface area contributed by atoms with Crippen LogP contribution in [-0.2, 0) is 23.9 Å². The van der Waals surface area contributed by atoms with Crippen molar-refractivity contribution < 1.29 is 39.2 Å². The number of carbonyl (C=O) groups is 4. The fraction of sp³-hybridized carbons (Fsp3) is 0.778. The number of carbonyl (C=O) groups excluding carboxylic acids is 1. The number of likely N-dealkylation sites (tertiary alicyclic amines) is 1. The quantitative estimate of drug-likeness (QED) is 0.206.